The van der Waals surface area contributed by atoms with Crippen LogP contribution in [0.25, 0.3) is 11.1 Å². The van der Waals surface area contributed by atoms with Gasteiger partial charge in [-0.15, -0.1) is 0 Å². The summed E-state index contributed by atoms with van der Waals surface area (Å²) in [5, 5.41) is 63.6. The highest BCUT2D eigenvalue weighted by Gasteiger charge is 2.28. The monoisotopic (exact) mass is 734 g/mol. The summed E-state index contributed by atoms with van der Waals surface area (Å²) < 4.78 is 18.5. The van der Waals surface area contributed by atoms with Crippen LogP contribution in [0.4, 0.5) is 0 Å². The average molecular weight is 735 g/mol. The quantitative estimate of drug-likeness (QED) is 0.0618. The van der Waals surface area contributed by atoms with E-state index in [1.165, 1.54) is 6.20 Å². The molecule has 13 heteroatoms. The fourth-order valence-electron chi connectivity index (χ4n) is 5.41. The third-order valence-corrected chi connectivity index (χ3v) is 9.04. The minimum Gasteiger partial charge on any atom is -0.493 e. The number of aliphatic hydroxyl groups excluding tert-OH is 5. The summed E-state index contributed by atoms with van der Waals surface area (Å²) in [4.78, 5) is 4.10. The molecule has 0 radical (unpaired) electrons. The van der Waals surface area contributed by atoms with Gasteiger partial charge in [-0.1, -0.05) is 41.9 Å². The molecule has 4 aromatic rings. The van der Waals surface area contributed by atoms with Crippen molar-refractivity contribution in [3.05, 3.63) is 105 Å². The van der Waals surface area contributed by atoms with Crippen molar-refractivity contribution in [2.75, 3.05) is 46.1 Å². The molecule has 0 aliphatic heterocycles. The summed E-state index contributed by atoms with van der Waals surface area (Å²) in [5.41, 5.74) is 5.39. The van der Waals surface area contributed by atoms with Crippen LogP contribution in [0.2, 0.25) is 5.02 Å². The van der Waals surface area contributed by atoms with Crippen molar-refractivity contribution in [2.24, 2.45) is 0 Å². The molecule has 4 rings (SSSR count). The third-order valence-electron chi connectivity index (χ3n) is 8.74. The minimum atomic E-state index is -1.32. The second-order valence-corrected chi connectivity index (χ2v) is 12.9. The van der Waals surface area contributed by atoms with Crippen molar-refractivity contribution >= 4 is 11.6 Å². The van der Waals surface area contributed by atoms with Crippen LogP contribution in [-0.4, -0.2) is 88.3 Å². The van der Waals surface area contributed by atoms with Crippen molar-refractivity contribution in [3.8, 4) is 34.4 Å². The molecule has 0 aliphatic carbocycles. The highest BCUT2D eigenvalue weighted by molar-refractivity contribution is 6.32. The molecular weight excluding hydrogens is 688 g/mol. The summed E-state index contributed by atoms with van der Waals surface area (Å²) in [7, 11) is 0. The van der Waals surface area contributed by atoms with Crippen LogP contribution in [-0.2, 0) is 19.8 Å². The van der Waals surface area contributed by atoms with Crippen molar-refractivity contribution in [1.82, 2.24) is 15.6 Å². The summed E-state index contributed by atoms with van der Waals surface area (Å²) in [6, 6.07) is 19.1. The molecule has 0 saturated carbocycles. The molecule has 0 unspecified atom stereocenters. The summed E-state index contributed by atoms with van der Waals surface area (Å²) in [6.07, 6.45) is 3.03. The first-order chi connectivity index (χ1) is 25.2. The van der Waals surface area contributed by atoms with Gasteiger partial charge in [0.05, 0.1) is 55.3 Å². The van der Waals surface area contributed by atoms with E-state index in [2.05, 4.69) is 33.8 Å². The molecule has 12 nitrogen and oxygen atoms in total. The lowest BCUT2D eigenvalue weighted by Crippen LogP contribution is -2.54. The Hall–Kier alpha value is -4.29. The van der Waals surface area contributed by atoms with Gasteiger partial charge in [-0.05, 0) is 72.8 Å². The second kappa shape index (κ2) is 20.1. The molecule has 0 saturated heterocycles. The molecule has 1 heterocycles. The predicted molar refractivity (Wildman–Crippen MR) is 197 cm³/mol. The van der Waals surface area contributed by atoms with E-state index >= 15 is 0 Å². The van der Waals surface area contributed by atoms with E-state index < -0.39 is 31.5 Å². The molecule has 1 aromatic heterocycles. The van der Waals surface area contributed by atoms with Crippen molar-refractivity contribution in [2.45, 2.75) is 51.7 Å². The molecule has 0 bridgehead atoms. The van der Waals surface area contributed by atoms with Gasteiger partial charge in [0.1, 0.15) is 36.5 Å². The molecule has 3 aromatic carbocycles. The van der Waals surface area contributed by atoms with Gasteiger partial charge >= 0.3 is 0 Å². The molecule has 0 fully saturated rings. The molecule has 7 N–H and O–H groups in total. The SMILES string of the molecule is Cc1c(COc2cc(OCc3cncc(C#N)c3)c(CNC(CO)(CO)CO)cc2Cl)cccc1-c1cccc(OCCCNC[C@H](O)CO)c1C. The number of hydrogen-bond acceptors (Lipinski definition) is 12. The highest BCUT2D eigenvalue weighted by atomic mass is 35.5. The standard InChI is InChI=1S/C39H47ClN4O8/c1-26-30(6-3-7-33(26)34-8-4-9-36(27(34)2)50-11-5-10-42-19-32(49)20-45)22-52-38-14-37(51-21-29-12-28(15-41)16-43-17-29)31(13-35(38)40)18-44-39(23-46,24-47)25-48/h3-4,6-9,12-14,16-17,32,42,44-49H,5,10-11,18-25H2,1-2H3/t32-/m0/s1. The van der Waals surface area contributed by atoms with Gasteiger partial charge in [0.25, 0.3) is 0 Å². The summed E-state index contributed by atoms with van der Waals surface area (Å²) >= 11 is 6.73. The van der Waals surface area contributed by atoms with Crippen LogP contribution in [0.15, 0.2) is 67.0 Å². The summed E-state index contributed by atoms with van der Waals surface area (Å²) in [6.45, 7) is 4.18. The van der Waals surface area contributed by atoms with Crippen LogP contribution in [0.3, 0.4) is 0 Å². The van der Waals surface area contributed by atoms with Gasteiger partial charge in [-0.2, -0.15) is 5.26 Å². The number of rotatable bonds is 21. The third kappa shape index (κ3) is 10.9. The Morgan fingerprint density at radius 2 is 1.56 bits per heavy atom. The van der Waals surface area contributed by atoms with Crippen molar-refractivity contribution in [1.29, 1.82) is 5.26 Å². The predicted octanol–water partition coefficient (Wildman–Crippen LogP) is 3.57. The van der Waals surface area contributed by atoms with E-state index in [0.717, 1.165) is 40.0 Å². The fraction of sp³-hybridized carbons (Fsp3) is 0.385. The number of pyridine rings is 1. The van der Waals surface area contributed by atoms with Crippen LogP contribution in [0.1, 0.15) is 39.8 Å². The number of nitrogens with one attached hydrogen (secondary N) is 2. The topological polar surface area (TPSA) is 190 Å². The van der Waals surface area contributed by atoms with E-state index in [9.17, 15) is 25.7 Å². The smallest absolute Gasteiger partial charge is 0.142 e. The number of halogens is 1. The molecule has 0 spiro atoms. The van der Waals surface area contributed by atoms with Gasteiger partial charge in [0.2, 0.25) is 0 Å². The Morgan fingerprint density at radius 3 is 2.27 bits per heavy atom. The lowest BCUT2D eigenvalue weighted by atomic mass is 9.93. The molecule has 1 atom stereocenters. The number of benzene rings is 3. The lowest BCUT2D eigenvalue weighted by molar-refractivity contribution is 0.0412. The molecular formula is C39H47ClN4O8. The molecule has 0 amide bonds. The largest absolute Gasteiger partial charge is 0.493 e. The van der Waals surface area contributed by atoms with E-state index in [-0.39, 0.29) is 26.4 Å². The molecule has 52 heavy (non-hydrogen) atoms. The number of ether oxygens (including phenoxy) is 3. The number of aromatic nitrogens is 1. The Morgan fingerprint density at radius 1 is 0.846 bits per heavy atom. The van der Waals surface area contributed by atoms with Gasteiger partial charge in [-0.25, -0.2) is 0 Å². The van der Waals surface area contributed by atoms with Crippen molar-refractivity contribution < 1.29 is 39.7 Å². The Kier molecular flexibility index (Phi) is 15.6. The van der Waals surface area contributed by atoms with Crippen LogP contribution >= 0.6 is 11.6 Å². The van der Waals surface area contributed by atoms with Gasteiger partial charge in [-0.3, -0.25) is 4.98 Å². The van der Waals surface area contributed by atoms with Crippen molar-refractivity contribution in [3.63, 3.8) is 0 Å². The first-order valence-corrected chi connectivity index (χ1v) is 17.4. The van der Waals surface area contributed by atoms with Crippen LogP contribution in [0.5, 0.6) is 17.2 Å². The maximum atomic E-state index is 9.81. The number of aliphatic hydroxyl groups is 5. The first-order valence-electron chi connectivity index (χ1n) is 17.0. The highest BCUT2D eigenvalue weighted by Crippen LogP contribution is 2.36. The number of nitrogens with zero attached hydrogens (tertiary/aromatic N) is 2. The van der Waals surface area contributed by atoms with E-state index in [1.807, 2.05) is 38.1 Å². The average Bonchev–Trinajstić information content (AvgIpc) is 3.17. The van der Waals surface area contributed by atoms with E-state index in [4.69, 9.17) is 30.9 Å². The van der Waals surface area contributed by atoms with Gasteiger partial charge in [0.15, 0.2) is 0 Å². The van der Waals surface area contributed by atoms with Crippen LogP contribution < -0.4 is 24.8 Å². The number of hydrogen-bond donors (Lipinski definition) is 7. The maximum absolute atomic E-state index is 9.81. The Balaban J connectivity index is 1.51. The Bertz CT molecular complexity index is 1790. The van der Waals surface area contributed by atoms with Gasteiger partial charge < -0.3 is 50.4 Å². The normalized spacial score (nSPS) is 12.0. The van der Waals surface area contributed by atoms with Gasteiger partial charge in [0, 0.05) is 42.7 Å². The van der Waals surface area contributed by atoms with Crippen LogP contribution in [0, 0.1) is 25.2 Å². The molecule has 0 aliphatic rings. The lowest BCUT2D eigenvalue weighted by Gasteiger charge is -2.29. The van der Waals surface area contributed by atoms with E-state index in [0.29, 0.717) is 52.9 Å². The zero-order valence-electron chi connectivity index (χ0n) is 29.4. The zero-order valence-corrected chi connectivity index (χ0v) is 30.2. The Labute approximate surface area is 309 Å². The molecule has 278 valence electrons. The minimum absolute atomic E-state index is 0.0939. The maximum Gasteiger partial charge on any atom is 0.142 e. The zero-order chi connectivity index (χ0) is 37.5. The number of nitriles is 1. The second-order valence-electron chi connectivity index (χ2n) is 12.5. The van der Waals surface area contributed by atoms with E-state index in [1.54, 1.807) is 24.4 Å². The summed E-state index contributed by atoms with van der Waals surface area (Å²) in [5.74, 6) is 1.57. The fourth-order valence-corrected chi connectivity index (χ4v) is 5.65. The first kappa shape index (κ1) is 40.5.